The van der Waals surface area contributed by atoms with Gasteiger partial charge in [-0.25, -0.2) is 0 Å². The lowest BCUT2D eigenvalue weighted by Gasteiger charge is -2.09. The number of aromatic hydroxyl groups is 1. The highest BCUT2D eigenvalue weighted by Crippen LogP contribution is 2.38. The van der Waals surface area contributed by atoms with E-state index in [1.54, 1.807) is 18.2 Å². The van der Waals surface area contributed by atoms with E-state index in [9.17, 15) is 14.7 Å². The van der Waals surface area contributed by atoms with Crippen molar-refractivity contribution in [2.75, 3.05) is 14.2 Å². The summed E-state index contributed by atoms with van der Waals surface area (Å²) < 4.78 is 10.1. The second-order valence-electron chi connectivity index (χ2n) is 4.29. The fraction of sp³-hybridized carbons (Fsp3) is 0.214. The first-order valence-electron chi connectivity index (χ1n) is 6.19. The molecule has 0 bridgehead atoms. The van der Waals surface area contributed by atoms with E-state index in [1.165, 1.54) is 21.1 Å². The molecule has 1 aliphatic heterocycles. The molecule has 1 aromatic rings. The first-order valence-corrected chi connectivity index (χ1v) is 7.01. The number of amidine groups is 1. The number of carbonyl (C=O) groups excluding carboxylic acids is 2. The van der Waals surface area contributed by atoms with Gasteiger partial charge in [0.1, 0.15) is 0 Å². The lowest BCUT2D eigenvalue weighted by molar-refractivity contribution is -0.117. The molecule has 0 aliphatic carbocycles. The highest BCUT2D eigenvalue weighted by Gasteiger charge is 2.23. The first-order chi connectivity index (χ1) is 10.4. The number of methoxy groups -OCH3 is 2. The van der Waals surface area contributed by atoms with Crippen molar-refractivity contribution >= 4 is 34.8 Å². The number of nitrogens with zero attached hydrogens (tertiary/aromatic N) is 1. The van der Waals surface area contributed by atoms with Gasteiger partial charge in [-0.3, -0.25) is 9.59 Å². The van der Waals surface area contributed by atoms with Gasteiger partial charge >= 0.3 is 0 Å². The smallest absolute Gasteiger partial charge is 0.286 e. The van der Waals surface area contributed by atoms with Crippen LogP contribution in [0.2, 0.25) is 0 Å². The molecule has 2 N–H and O–H groups in total. The van der Waals surface area contributed by atoms with Crippen LogP contribution in [0.25, 0.3) is 6.08 Å². The Bertz CT molecular complexity index is 671. The number of amides is 2. The Morgan fingerprint density at radius 2 is 1.91 bits per heavy atom. The third-order valence-corrected chi connectivity index (χ3v) is 3.60. The van der Waals surface area contributed by atoms with E-state index in [0.717, 1.165) is 11.8 Å². The molecule has 1 aromatic carbocycles. The predicted molar refractivity (Wildman–Crippen MR) is 83.0 cm³/mol. The van der Waals surface area contributed by atoms with Gasteiger partial charge in [0.2, 0.25) is 11.7 Å². The summed E-state index contributed by atoms with van der Waals surface area (Å²) in [5, 5.41) is 12.6. The third kappa shape index (κ3) is 3.40. The van der Waals surface area contributed by atoms with Crippen LogP contribution in [0.4, 0.5) is 0 Å². The zero-order chi connectivity index (χ0) is 16.3. The zero-order valence-electron chi connectivity index (χ0n) is 12.2. The monoisotopic (exact) mass is 322 g/mol. The molecule has 0 radical (unpaired) electrons. The Kier molecular flexibility index (Phi) is 4.71. The summed E-state index contributed by atoms with van der Waals surface area (Å²) in [5.74, 6) is -0.407. The molecule has 8 heteroatoms. The molecule has 2 rings (SSSR count). The van der Waals surface area contributed by atoms with Crippen LogP contribution in [0.1, 0.15) is 12.5 Å². The van der Waals surface area contributed by atoms with Gasteiger partial charge in [-0.1, -0.05) is 0 Å². The molecule has 0 fully saturated rings. The third-order valence-electron chi connectivity index (χ3n) is 2.70. The normalized spacial score (nSPS) is 15.7. The number of carbonyl (C=O) groups is 2. The minimum atomic E-state index is -0.445. The van der Waals surface area contributed by atoms with Gasteiger partial charge in [0.15, 0.2) is 16.7 Å². The summed E-state index contributed by atoms with van der Waals surface area (Å²) >= 11 is 1.06. The van der Waals surface area contributed by atoms with Crippen molar-refractivity contribution in [2.45, 2.75) is 6.92 Å². The quantitative estimate of drug-likeness (QED) is 0.819. The van der Waals surface area contributed by atoms with Gasteiger partial charge in [-0.15, -0.1) is 0 Å². The average Bonchev–Trinajstić information content (AvgIpc) is 2.79. The van der Waals surface area contributed by atoms with E-state index in [4.69, 9.17) is 9.47 Å². The average molecular weight is 322 g/mol. The number of ether oxygens (including phenoxy) is 2. The Balaban J connectivity index is 2.31. The number of aliphatic imine (C=N–C) groups is 1. The van der Waals surface area contributed by atoms with Gasteiger partial charge in [0.25, 0.3) is 5.91 Å². The second-order valence-corrected chi connectivity index (χ2v) is 5.32. The predicted octanol–water partition coefficient (Wildman–Crippen LogP) is 1.52. The number of phenolic OH excluding ortho intramolecular Hbond substituents is 1. The Morgan fingerprint density at radius 1 is 1.32 bits per heavy atom. The van der Waals surface area contributed by atoms with Crippen molar-refractivity contribution in [1.29, 1.82) is 0 Å². The fourth-order valence-electron chi connectivity index (χ4n) is 1.76. The molecule has 1 heterocycles. The van der Waals surface area contributed by atoms with Gasteiger partial charge < -0.3 is 19.9 Å². The first kappa shape index (κ1) is 15.9. The molecule has 2 amide bonds. The number of phenols is 1. The van der Waals surface area contributed by atoms with Crippen LogP contribution in [0.3, 0.4) is 0 Å². The molecule has 0 atom stereocenters. The number of hydrogen-bond donors (Lipinski definition) is 2. The molecule has 22 heavy (non-hydrogen) atoms. The summed E-state index contributed by atoms with van der Waals surface area (Å²) in [6.07, 6.45) is 1.58. The van der Waals surface area contributed by atoms with Crippen molar-refractivity contribution in [2.24, 2.45) is 4.99 Å². The van der Waals surface area contributed by atoms with Crippen LogP contribution >= 0.6 is 11.8 Å². The van der Waals surface area contributed by atoms with E-state index in [-0.39, 0.29) is 28.3 Å². The van der Waals surface area contributed by atoms with Crippen molar-refractivity contribution in [1.82, 2.24) is 5.32 Å². The summed E-state index contributed by atoms with van der Waals surface area (Å²) in [6.45, 7) is 1.34. The van der Waals surface area contributed by atoms with Crippen LogP contribution in [-0.2, 0) is 9.59 Å². The van der Waals surface area contributed by atoms with E-state index in [2.05, 4.69) is 10.3 Å². The van der Waals surface area contributed by atoms with Gasteiger partial charge in [0, 0.05) is 6.92 Å². The van der Waals surface area contributed by atoms with Crippen LogP contribution < -0.4 is 14.8 Å². The van der Waals surface area contributed by atoms with E-state index >= 15 is 0 Å². The zero-order valence-corrected chi connectivity index (χ0v) is 13.0. The summed E-state index contributed by atoms with van der Waals surface area (Å²) in [5.41, 5.74) is 0.599. The molecule has 0 unspecified atom stereocenters. The van der Waals surface area contributed by atoms with Crippen molar-refractivity contribution < 1.29 is 24.2 Å². The maximum atomic E-state index is 11.8. The molecule has 7 nitrogen and oxygen atoms in total. The summed E-state index contributed by atoms with van der Waals surface area (Å²) in [4.78, 5) is 26.9. The maximum Gasteiger partial charge on any atom is 0.286 e. The minimum absolute atomic E-state index is 0.118. The molecule has 116 valence electrons. The SMILES string of the molecule is COc1cc(/C=C2\SC(NC(C)=O)=NC2=O)cc(OC)c1O. The lowest BCUT2D eigenvalue weighted by Crippen LogP contribution is -2.23. The van der Waals surface area contributed by atoms with E-state index in [0.29, 0.717) is 10.5 Å². The molecule has 0 saturated carbocycles. The Hall–Kier alpha value is -2.48. The van der Waals surface area contributed by atoms with Crippen LogP contribution in [0.15, 0.2) is 22.0 Å². The number of benzene rings is 1. The minimum Gasteiger partial charge on any atom is -0.502 e. The maximum absolute atomic E-state index is 11.8. The van der Waals surface area contributed by atoms with Gasteiger partial charge in [-0.2, -0.15) is 4.99 Å². The van der Waals surface area contributed by atoms with Crippen molar-refractivity contribution in [3.63, 3.8) is 0 Å². The topological polar surface area (TPSA) is 97.2 Å². The number of thioether (sulfide) groups is 1. The van der Waals surface area contributed by atoms with E-state index < -0.39 is 5.91 Å². The van der Waals surface area contributed by atoms with Crippen molar-refractivity contribution in [3.05, 3.63) is 22.6 Å². The fourth-order valence-corrected chi connectivity index (χ4v) is 2.62. The molecule has 0 spiro atoms. The lowest BCUT2D eigenvalue weighted by atomic mass is 10.1. The summed E-state index contributed by atoms with van der Waals surface area (Å²) in [7, 11) is 2.83. The Labute approximate surface area is 131 Å². The number of nitrogens with one attached hydrogen (secondary N) is 1. The highest BCUT2D eigenvalue weighted by atomic mass is 32.2. The Morgan fingerprint density at radius 3 is 2.41 bits per heavy atom. The largest absolute Gasteiger partial charge is 0.502 e. The van der Waals surface area contributed by atoms with Crippen LogP contribution in [0.5, 0.6) is 17.2 Å². The summed E-state index contributed by atoms with van der Waals surface area (Å²) in [6, 6.07) is 3.13. The molecular weight excluding hydrogens is 308 g/mol. The molecule has 0 aromatic heterocycles. The van der Waals surface area contributed by atoms with Crippen molar-refractivity contribution in [3.8, 4) is 17.2 Å². The number of rotatable bonds is 3. The van der Waals surface area contributed by atoms with Gasteiger partial charge in [-0.05, 0) is 35.5 Å². The highest BCUT2D eigenvalue weighted by molar-refractivity contribution is 8.18. The second kappa shape index (κ2) is 6.52. The van der Waals surface area contributed by atoms with Crippen LogP contribution in [0, 0.1) is 0 Å². The van der Waals surface area contributed by atoms with E-state index in [1.807, 2.05) is 0 Å². The standard InChI is InChI=1S/C14H14N2O5S/c1-7(17)15-14-16-13(19)11(22-14)6-8-4-9(20-2)12(18)10(5-8)21-3/h4-6,18H,1-3H3,(H,15,16,17,19)/b11-6-. The molecule has 0 saturated heterocycles. The molecule has 1 aliphatic rings. The van der Waals surface area contributed by atoms with Crippen LogP contribution in [-0.4, -0.2) is 36.3 Å². The van der Waals surface area contributed by atoms with Gasteiger partial charge in [0.05, 0.1) is 19.1 Å². The number of hydrogen-bond acceptors (Lipinski definition) is 6. The molecular formula is C14H14N2O5S.